The summed E-state index contributed by atoms with van der Waals surface area (Å²) in [7, 11) is 0. The predicted octanol–water partition coefficient (Wildman–Crippen LogP) is 1.35. The molecule has 0 saturated heterocycles. The van der Waals surface area contributed by atoms with Crippen molar-refractivity contribution in [2.75, 3.05) is 6.54 Å². The number of rotatable bonds is 5. The lowest BCUT2D eigenvalue weighted by molar-refractivity contribution is -0.143. The van der Waals surface area contributed by atoms with Crippen LogP contribution in [-0.4, -0.2) is 38.8 Å². The van der Waals surface area contributed by atoms with Crippen molar-refractivity contribution in [3.05, 3.63) is 17.7 Å². The second-order valence-corrected chi connectivity index (χ2v) is 5.98. The highest BCUT2D eigenvalue weighted by atomic mass is 16.4. The largest absolute Gasteiger partial charge is 0.504 e. The zero-order valence-electron chi connectivity index (χ0n) is 12.7. The molecule has 1 aliphatic carbocycles. The highest BCUT2D eigenvalue weighted by molar-refractivity contribution is 5.80. The molecule has 1 amide bonds. The summed E-state index contributed by atoms with van der Waals surface area (Å²) in [5.41, 5.74) is 0.229. The van der Waals surface area contributed by atoms with Gasteiger partial charge in [-0.1, -0.05) is 6.07 Å². The van der Waals surface area contributed by atoms with Crippen LogP contribution in [0.5, 0.6) is 17.2 Å². The Bertz CT molecular complexity index is 592. The van der Waals surface area contributed by atoms with Crippen LogP contribution in [0.2, 0.25) is 0 Å². The number of hydrogen-bond acceptors (Lipinski definition) is 5. The normalized spacial score (nSPS) is 20.9. The van der Waals surface area contributed by atoms with E-state index in [1.54, 1.807) is 0 Å². The van der Waals surface area contributed by atoms with Crippen molar-refractivity contribution in [1.82, 2.24) is 5.32 Å². The molecule has 0 radical (unpaired) electrons. The number of carboxylic acids is 1. The van der Waals surface area contributed by atoms with E-state index >= 15 is 0 Å². The maximum Gasteiger partial charge on any atom is 0.306 e. The number of carbonyl (C=O) groups excluding carboxylic acids is 1. The molecule has 5 N–H and O–H groups in total. The van der Waals surface area contributed by atoms with E-state index in [2.05, 4.69) is 5.32 Å². The monoisotopic (exact) mass is 323 g/mol. The lowest BCUT2D eigenvalue weighted by Gasteiger charge is -2.26. The van der Waals surface area contributed by atoms with Gasteiger partial charge in [0.05, 0.1) is 12.3 Å². The van der Waals surface area contributed by atoms with Gasteiger partial charge in [0.2, 0.25) is 11.7 Å². The van der Waals surface area contributed by atoms with Crippen molar-refractivity contribution in [3.8, 4) is 17.2 Å². The SMILES string of the molecule is O=C(Cc1ccc(O)c(O)c1O)NCC1CCC(C(=O)O)CC1. The van der Waals surface area contributed by atoms with Gasteiger partial charge in [-0.15, -0.1) is 0 Å². The molecular weight excluding hydrogens is 302 g/mol. The number of phenols is 3. The van der Waals surface area contributed by atoms with Crippen LogP contribution in [0.3, 0.4) is 0 Å². The Morgan fingerprint density at radius 1 is 1.04 bits per heavy atom. The van der Waals surface area contributed by atoms with Crippen LogP contribution in [0.25, 0.3) is 0 Å². The van der Waals surface area contributed by atoms with Crippen LogP contribution in [0, 0.1) is 11.8 Å². The van der Waals surface area contributed by atoms with E-state index in [9.17, 15) is 24.9 Å². The number of carboxylic acid groups (broad SMARTS) is 1. The van der Waals surface area contributed by atoms with Crippen LogP contribution in [0.15, 0.2) is 12.1 Å². The minimum atomic E-state index is -0.755. The first-order valence-electron chi connectivity index (χ1n) is 7.60. The van der Waals surface area contributed by atoms with Gasteiger partial charge in [0.25, 0.3) is 0 Å². The van der Waals surface area contributed by atoms with Crippen molar-refractivity contribution in [2.45, 2.75) is 32.1 Å². The standard InChI is InChI=1S/C16H21NO6/c18-12-6-5-11(14(20)15(12)21)7-13(19)17-8-9-1-3-10(4-2-9)16(22)23/h5-6,9-10,18,20-21H,1-4,7-8H2,(H,17,19)(H,22,23). The van der Waals surface area contributed by atoms with Gasteiger partial charge in [0.15, 0.2) is 11.5 Å². The second-order valence-electron chi connectivity index (χ2n) is 5.98. The van der Waals surface area contributed by atoms with Crippen molar-refractivity contribution < 1.29 is 30.0 Å². The third-order valence-electron chi connectivity index (χ3n) is 4.35. The van der Waals surface area contributed by atoms with E-state index in [0.717, 1.165) is 12.8 Å². The quantitative estimate of drug-likeness (QED) is 0.521. The fraction of sp³-hybridized carbons (Fsp3) is 0.500. The number of aromatic hydroxyl groups is 3. The van der Waals surface area contributed by atoms with Gasteiger partial charge in [0.1, 0.15) is 0 Å². The molecule has 0 heterocycles. The molecule has 0 spiro atoms. The van der Waals surface area contributed by atoms with Gasteiger partial charge in [0, 0.05) is 12.1 Å². The maximum absolute atomic E-state index is 11.9. The highest BCUT2D eigenvalue weighted by Crippen LogP contribution is 2.37. The second kappa shape index (κ2) is 7.21. The molecule has 1 aromatic rings. The van der Waals surface area contributed by atoms with Gasteiger partial charge < -0.3 is 25.7 Å². The first-order valence-corrected chi connectivity index (χ1v) is 7.60. The molecule has 1 fully saturated rings. The van der Waals surface area contributed by atoms with E-state index in [0.29, 0.717) is 19.4 Å². The predicted molar refractivity (Wildman–Crippen MR) is 81.2 cm³/mol. The molecule has 23 heavy (non-hydrogen) atoms. The van der Waals surface area contributed by atoms with Crippen LogP contribution in [0.4, 0.5) is 0 Å². The maximum atomic E-state index is 11.9. The molecule has 0 bridgehead atoms. The summed E-state index contributed by atoms with van der Waals surface area (Å²) in [5.74, 6) is -2.65. The van der Waals surface area contributed by atoms with Gasteiger partial charge in [-0.3, -0.25) is 9.59 Å². The summed E-state index contributed by atoms with van der Waals surface area (Å²) in [6, 6.07) is 2.59. The summed E-state index contributed by atoms with van der Waals surface area (Å²) in [4.78, 5) is 22.8. The van der Waals surface area contributed by atoms with Crippen molar-refractivity contribution in [2.24, 2.45) is 11.8 Å². The average Bonchev–Trinajstić information content (AvgIpc) is 2.54. The Balaban J connectivity index is 1.80. The molecule has 126 valence electrons. The zero-order valence-corrected chi connectivity index (χ0v) is 12.7. The topological polar surface area (TPSA) is 127 Å². The van der Waals surface area contributed by atoms with Crippen LogP contribution in [-0.2, 0) is 16.0 Å². The van der Waals surface area contributed by atoms with Gasteiger partial charge in [-0.25, -0.2) is 0 Å². The fourth-order valence-corrected chi connectivity index (χ4v) is 2.86. The number of amides is 1. The number of aliphatic carboxylic acids is 1. The average molecular weight is 323 g/mol. The summed E-state index contributed by atoms with van der Waals surface area (Å²) >= 11 is 0. The number of phenolic OH excluding ortho intramolecular Hbond substituents is 3. The first-order chi connectivity index (χ1) is 10.9. The number of nitrogens with one attached hydrogen (secondary N) is 1. The Hall–Kier alpha value is -2.44. The molecule has 1 saturated carbocycles. The van der Waals surface area contributed by atoms with E-state index in [4.69, 9.17) is 5.11 Å². The number of benzene rings is 1. The molecule has 7 heteroatoms. The number of hydrogen-bond donors (Lipinski definition) is 5. The van der Waals surface area contributed by atoms with Crippen molar-refractivity contribution >= 4 is 11.9 Å². The van der Waals surface area contributed by atoms with Gasteiger partial charge in [-0.05, 0) is 37.7 Å². The molecule has 0 aliphatic heterocycles. The minimum absolute atomic E-state index is 0.107. The smallest absolute Gasteiger partial charge is 0.306 e. The lowest BCUT2D eigenvalue weighted by atomic mass is 9.82. The molecule has 2 rings (SSSR count). The molecular formula is C16H21NO6. The lowest BCUT2D eigenvalue weighted by Crippen LogP contribution is -2.33. The van der Waals surface area contributed by atoms with Crippen LogP contribution < -0.4 is 5.32 Å². The molecule has 0 atom stereocenters. The summed E-state index contributed by atoms with van der Waals surface area (Å²) < 4.78 is 0. The highest BCUT2D eigenvalue weighted by Gasteiger charge is 2.26. The Kier molecular flexibility index (Phi) is 5.31. The van der Waals surface area contributed by atoms with E-state index in [-0.39, 0.29) is 29.7 Å². The molecule has 0 aromatic heterocycles. The summed E-state index contributed by atoms with van der Waals surface area (Å²) in [6.07, 6.45) is 2.68. The Morgan fingerprint density at radius 3 is 2.30 bits per heavy atom. The third-order valence-corrected chi connectivity index (χ3v) is 4.35. The number of carbonyl (C=O) groups is 2. The summed E-state index contributed by atoms with van der Waals surface area (Å²) in [5, 5.41) is 40.1. The van der Waals surface area contributed by atoms with Crippen LogP contribution in [0.1, 0.15) is 31.2 Å². The van der Waals surface area contributed by atoms with Crippen molar-refractivity contribution in [3.63, 3.8) is 0 Å². The van der Waals surface area contributed by atoms with E-state index < -0.39 is 23.2 Å². The first kappa shape index (κ1) is 16.9. The Labute approximate surface area is 133 Å². The van der Waals surface area contributed by atoms with Gasteiger partial charge in [-0.2, -0.15) is 0 Å². The molecule has 1 aliphatic rings. The third kappa shape index (κ3) is 4.28. The Morgan fingerprint density at radius 2 is 1.70 bits per heavy atom. The minimum Gasteiger partial charge on any atom is -0.504 e. The molecule has 0 unspecified atom stereocenters. The van der Waals surface area contributed by atoms with Crippen LogP contribution >= 0.6 is 0 Å². The van der Waals surface area contributed by atoms with Gasteiger partial charge >= 0.3 is 5.97 Å². The van der Waals surface area contributed by atoms with E-state index in [1.165, 1.54) is 12.1 Å². The fourth-order valence-electron chi connectivity index (χ4n) is 2.86. The zero-order chi connectivity index (χ0) is 17.0. The van der Waals surface area contributed by atoms with Crippen molar-refractivity contribution in [1.29, 1.82) is 0 Å². The molecule has 7 nitrogen and oxygen atoms in total. The molecule has 1 aromatic carbocycles. The van der Waals surface area contributed by atoms with E-state index in [1.807, 2.05) is 0 Å². The summed E-state index contributed by atoms with van der Waals surface area (Å²) in [6.45, 7) is 0.468.